The van der Waals surface area contributed by atoms with E-state index < -0.39 is 27.5 Å². The molecule has 3 aliphatic rings. The van der Waals surface area contributed by atoms with Gasteiger partial charge in [0, 0.05) is 0 Å². The number of hydrogen-bond donors (Lipinski definition) is 0. The molecule has 0 heterocycles. The topological polar surface area (TPSA) is 0 Å². The summed E-state index contributed by atoms with van der Waals surface area (Å²) in [7, 11) is 13.6. The first kappa shape index (κ1) is 25.1. The van der Waals surface area contributed by atoms with E-state index in [2.05, 4.69) is 82.4 Å². The molecule has 0 amide bonds. The Morgan fingerprint density at radius 1 is 0.912 bits per heavy atom. The van der Waals surface area contributed by atoms with Crippen LogP contribution in [-0.4, -0.2) is 13.6 Å². The van der Waals surface area contributed by atoms with Gasteiger partial charge in [0.15, 0.2) is 0 Å². The van der Waals surface area contributed by atoms with Gasteiger partial charge in [-0.3, -0.25) is 0 Å². The molecule has 0 bridgehead atoms. The van der Waals surface area contributed by atoms with Crippen molar-refractivity contribution in [3.8, 4) is 11.1 Å². The van der Waals surface area contributed by atoms with E-state index in [4.69, 9.17) is 17.2 Å². The standard InChI is InChI=1S/C30H35Si.2ClH.Hf/c1-6-20-18-21-12-11-17-26(31(4)5)27(19(2)3)29(21)28(20)30-24-15-9-7-13-22(24)23-14-8-10-16-25(23)30;;;/h7-10,13-16,18-19,27,30H,6,11-12,17H2,1-5H3;2*1H;/q;;;+2/p-2. The fourth-order valence-electron chi connectivity index (χ4n) is 7.07. The Morgan fingerprint density at radius 3 is 2.00 bits per heavy atom. The number of hydrogen-bond acceptors (Lipinski definition) is 0. The van der Waals surface area contributed by atoms with Gasteiger partial charge in [0.05, 0.1) is 0 Å². The summed E-state index contributed by atoms with van der Waals surface area (Å²) in [6, 6.07) is 18.2. The summed E-state index contributed by atoms with van der Waals surface area (Å²) in [4.78, 5) is 0. The molecule has 0 fully saturated rings. The molecule has 2 aromatic carbocycles. The van der Waals surface area contributed by atoms with Crippen molar-refractivity contribution < 1.29 is 19.1 Å². The molecule has 177 valence electrons. The molecule has 5 rings (SSSR count). The predicted octanol–water partition coefficient (Wildman–Crippen LogP) is 9.49. The SMILES string of the molecule is CCC1=C(C2c3ccccc3-c3ccccc32)C2=C(CCCC(=[Si](C)C)C2C(C)C)[CH]1[Hf]([Cl])[Cl]. The Labute approximate surface area is 222 Å². The van der Waals surface area contributed by atoms with Crippen molar-refractivity contribution in [3.63, 3.8) is 0 Å². The van der Waals surface area contributed by atoms with Crippen LogP contribution in [0.4, 0.5) is 0 Å². The Balaban J connectivity index is 1.84. The van der Waals surface area contributed by atoms with Crippen molar-refractivity contribution in [2.75, 3.05) is 0 Å². The summed E-state index contributed by atoms with van der Waals surface area (Å²) in [6.07, 6.45) is 4.77. The van der Waals surface area contributed by atoms with Crippen molar-refractivity contribution in [3.05, 3.63) is 82.0 Å². The summed E-state index contributed by atoms with van der Waals surface area (Å²) < 4.78 is 0.369. The van der Waals surface area contributed by atoms with E-state index in [1.54, 1.807) is 22.3 Å². The summed E-state index contributed by atoms with van der Waals surface area (Å²) in [5.41, 5.74) is 12.3. The third-order valence-corrected chi connectivity index (χ3v) is 17.8. The fraction of sp³-hybridized carbons (Fsp3) is 0.433. The van der Waals surface area contributed by atoms with Crippen LogP contribution >= 0.6 is 17.2 Å². The second kappa shape index (κ2) is 10.1. The number of benzene rings is 2. The van der Waals surface area contributed by atoms with Gasteiger partial charge in [-0.2, -0.15) is 0 Å². The molecule has 0 aromatic heterocycles. The van der Waals surface area contributed by atoms with Crippen LogP contribution in [0, 0.1) is 11.8 Å². The van der Waals surface area contributed by atoms with Crippen molar-refractivity contribution in [2.45, 2.75) is 69.1 Å². The number of halogens is 2. The molecule has 0 aliphatic heterocycles. The minimum atomic E-state index is -2.77. The van der Waals surface area contributed by atoms with Gasteiger partial charge in [-0.05, 0) is 0 Å². The van der Waals surface area contributed by atoms with E-state index in [1.165, 1.54) is 41.5 Å². The molecular weight excluding hydrogens is 638 g/mol. The molecule has 34 heavy (non-hydrogen) atoms. The van der Waals surface area contributed by atoms with E-state index in [0.717, 1.165) is 6.42 Å². The Bertz CT molecular complexity index is 1170. The van der Waals surface area contributed by atoms with Gasteiger partial charge < -0.3 is 0 Å². The molecule has 0 N–H and O–H groups in total. The molecule has 3 aliphatic carbocycles. The van der Waals surface area contributed by atoms with Gasteiger partial charge >= 0.3 is 224 Å². The monoisotopic (exact) mass is 673 g/mol. The van der Waals surface area contributed by atoms with Crippen LogP contribution < -0.4 is 0 Å². The van der Waals surface area contributed by atoms with Crippen molar-refractivity contribution >= 4 is 30.7 Å². The maximum absolute atomic E-state index is 7.04. The molecular formula is C30H35Cl2HfSi. The van der Waals surface area contributed by atoms with Crippen LogP contribution in [0.2, 0.25) is 16.8 Å². The van der Waals surface area contributed by atoms with Gasteiger partial charge in [-0.1, -0.05) is 0 Å². The Morgan fingerprint density at radius 2 is 1.50 bits per heavy atom. The molecule has 0 spiro atoms. The average Bonchev–Trinajstić information content (AvgIpc) is 3.22. The maximum atomic E-state index is 7.04. The zero-order valence-electron chi connectivity index (χ0n) is 21.0. The van der Waals surface area contributed by atoms with Crippen LogP contribution in [0.1, 0.15) is 63.5 Å². The normalized spacial score (nSPS) is 22.2. The first-order chi connectivity index (χ1) is 16.4. The van der Waals surface area contributed by atoms with Gasteiger partial charge in [-0.25, -0.2) is 0 Å². The molecule has 2 unspecified atom stereocenters. The van der Waals surface area contributed by atoms with Gasteiger partial charge in [0.2, 0.25) is 0 Å². The molecule has 0 nitrogen and oxygen atoms in total. The summed E-state index contributed by atoms with van der Waals surface area (Å²) in [5.74, 6) is 1.44. The van der Waals surface area contributed by atoms with Crippen LogP contribution in [0.25, 0.3) is 11.1 Å². The number of allylic oxidation sites excluding steroid dienone is 4. The molecule has 2 aromatic rings. The zero-order chi connectivity index (χ0) is 24.1. The first-order valence-electron chi connectivity index (χ1n) is 12.8. The third-order valence-electron chi connectivity index (χ3n) is 8.29. The quantitative estimate of drug-likeness (QED) is 0.284. The van der Waals surface area contributed by atoms with Gasteiger partial charge in [0.25, 0.3) is 0 Å². The minimum absolute atomic E-state index is 0.307. The van der Waals surface area contributed by atoms with Crippen LogP contribution in [0.3, 0.4) is 0 Å². The third kappa shape index (κ3) is 4.00. The second-order valence-electron chi connectivity index (χ2n) is 10.7. The second-order valence-corrected chi connectivity index (χ2v) is 25.7. The summed E-state index contributed by atoms with van der Waals surface area (Å²) in [6.45, 7) is 12.2. The number of fused-ring (bicyclic) bond motifs is 3. The summed E-state index contributed by atoms with van der Waals surface area (Å²) in [5, 5.41) is 1.84. The van der Waals surface area contributed by atoms with Crippen LogP contribution in [0.15, 0.2) is 70.8 Å². The van der Waals surface area contributed by atoms with Crippen molar-refractivity contribution in [1.29, 1.82) is 0 Å². The van der Waals surface area contributed by atoms with E-state index in [1.807, 2.05) is 5.17 Å². The average molecular weight is 673 g/mol. The van der Waals surface area contributed by atoms with E-state index in [-0.39, 0.29) is 0 Å². The van der Waals surface area contributed by atoms with E-state index >= 15 is 0 Å². The van der Waals surface area contributed by atoms with Crippen molar-refractivity contribution in [2.24, 2.45) is 11.8 Å². The first-order valence-corrected chi connectivity index (χ1v) is 26.3. The molecule has 0 radical (unpaired) electrons. The molecule has 0 saturated heterocycles. The zero-order valence-corrected chi connectivity index (χ0v) is 27.1. The van der Waals surface area contributed by atoms with Crippen LogP contribution in [0.5, 0.6) is 0 Å². The molecule has 0 saturated carbocycles. The fourth-order valence-corrected chi connectivity index (χ4v) is 17.4. The molecule has 2 atom stereocenters. The van der Waals surface area contributed by atoms with Crippen LogP contribution in [-0.2, 0) is 19.1 Å². The van der Waals surface area contributed by atoms with E-state index in [0.29, 0.717) is 21.4 Å². The van der Waals surface area contributed by atoms with Gasteiger partial charge in [-0.15, -0.1) is 0 Å². The molecule has 4 heteroatoms. The Kier molecular flexibility index (Phi) is 7.45. The number of rotatable bonds is 4. The van der Waals surface area contributed by atoms with Crippen molar-refractivity contribution in [1.82, 2.24) is 0 Å². The summed E-state index contributed by atoms with van der Waals surface area (Å²) >= 11 is -2.77. The Hall–Kier alpha value is -0.543. The van der Waals surface area contributed by atoms with Gasteiger partial charge in [0.1, 0.15) is 0 Å². The van der Waals surface area contributed by atoms with E-state index in [9.17, 15) is 0 Å². The predicted molar refractivity (Wildman–Crippen MR) is 148 cm³/mol.